The first-order valence-corrected chi connectivity index (χ1v) is 8.63. The average Bonchev–Trinajstić information content (AvgIpc) is 3.08. The van der Waals surface area contributed by atoms with E-state index in [0.717, 1.165) is 63.5 Å². The van der Waals surface area contributed by atoms with Crippen LogP contribution in [0.5, 0.6) is 5.75 Å². The summed E-state index contributed by atoms with van der Waals surface area (Å²) >= 11 is 0. The molecular formula is C18H26N2O3. The van der Waals surface area contributed by atoms with Crippen molar-refractivity contribution in [1.82, 2.24) is 5.32 Å². The van der Waals surface area contributed by atoms with Crippen molar-refractivity contribution in [3.8, 4) is 5.75 Å². The van der Waals surface area contributed by atoms with Crippen LogP contribution in [-0.2, 0) is 9.53 Å². The Kier molecular flexibility index (Phi) is 5.88. The molecule has 0 aromatic heterocycles. The van der Waals surface area contributed by atoms with E-state index in [9.17, 15) is 4.79 Å². The van der Waals surface area contributed by atoms with Crippen molar-refractivity contribution >= 4 is 11.6 Å². The first kappa shape index (κ1) is 16.3. The molecule has 0 spiro atoms. The molecule has 126 valence electrons. The number of amides is 1. The second-order valence-corrected chi connectivity index (χ2v) is 6.44. The number of ether oxygens (including phenoxy) is 2. The Balaban J connectivity index is 1.41. The lowest BCUT2D eigenvalue weighted by Crippen LogP contribution is -2.27. The molecule has 23 heavy (non-hydrogen) atoms. The van der Waals surface area contributed by atoms with Crippen molar-refractivity contribution in [3.63, 3.8) is 0 Å². The van der Waals surface area contributed by atoms with Crippen LogP contribution in [0.3, 0.4) is 0 Å². The predicted octanol–water partition coefficient (Wildman–Crippen LogP) is 2.57. The maximum Gasteiger partial charge on any atom is 0.225 e. The molecule has 5 nitrogen and oxygen atoms in total. The zero-order chi connectivity index (χ0) is 15.9. The Morgan fingerprint density at radius 3 is 2.70 bits per heavy atom. The van der Waals surface area contributed by atoms with Gasteiger partial charge in [0.1, 0.15) is 5.75 Å². The number of carbonyl (C=O) groups excluding carboxylic acids is 1. The molecule has 1 unspecified atom stereocenters. The third-order valence-electron chi connectivity index (χ3n) is 4.56. The molecule has 0 saturated carbocycles. The van der Waals surface area contributed by atoms with Crippen LogP contribution in [0.15, 0.2) is 24.3 Å². The molecule has 5 heteroatoms. The lowest BCUT2D eigenvalue weighted by atomic mass is 10.0. The van der Waals surface area contributed by atoms with Crippen molar-refractivity contribution < 1.29 is 14.3 Å². The second-order valence-electron chi connectivity index (χ2n) is 6.44. The number of nitrogens with one attached hydrogen (secondary N) is 2. The highest BCUT2D eigenvalue weighted by Crippen LogP contribution is 2.20. The molecule has 0 aliphatic carbocycles. The van der Waals surface area contributed by atoms with Crippen molar-refractivity contribution in [2.45, 2.75) is 38.1 Å². The zero-order valence-electron chi connectivity index (χ0n) is 13.6. The predicted molar refractivity (Wildman–Crippen MR) is 89.8 cm³/mol. The van der Waals surface area contributed by atoms with Gasteiger partial charge < -0.3 is 20.1 Å². The van der Waals surface area contributed by atoms with E-state index in [1.807, 2.05) is 24.3 Å². The monoisotopic (exact) mass is 318 g/mol. The molecule has 0 bridgehead atoms. The molecule has 1 aromatic rings. The largest absolute Gasteiger partial charge is 0.493 e. The number of rotatable bonds is 6. The first-order chi connectivity index (χ1) is 11.3. The standard InChI is InChI=1S/C18H26N2O3/c21-18(12-16-2-1-9-19-16)20-15-3-5-17(6-4-15)23-13-14-7-10-22-11-8-14/h3-6,14,16,19H,1-2,7-13H2,(H,20,21). The molecule has 1 atom stereocenters. The van der Waals surface area contributed by atoms with Gasteiger partial charge in [0, 0.05) is 31.4 Å². The lowest BCUT2D eigenvalue weighted by molar-refractivity contribution is -0.116. The van der Waals surface area contributed by atoms with Gasteiger partial charge in [-0.2, -0.15) is 0 Å². The molecule has 1 amide bonds. The SMILES string of the molecule is O=C(CC1CCCN1)Nc1ccc(OCC2CCOCC2)cc1. The van der Waals surface area contributed by atoms with E-state index in [1.54, 1.807) is 0 Å². The van der Waals surface area contributed by atoms with E-state index >= 15 is 0 Å². The van der Waals surface area contributed by atoms with Gasteiger partial charge in [0.05, 0.1) is 6.61 Å². The van der Waals surface area contributed by atoms with Crippen LogP contribution in [0.25, 0.3) is 0 Å². The fraction of sp³-hybridized carbons (Fsp3) is 0.611. The van der Waals surface area contributed by atoms with Gasteiger partial charge >= 0.3 is 0 Å². The van der Waals surface area contributed by atoms with Gasteiger partial charge in [-0.15, -0.1) is 0 Å². The van der Waals surface area contributed by atoms with Crippen LogP contribution in [0.4, 0.5) is 5.69 Å². The number of hydrogen-bond acceptors (Lipinski definition) is 4. The van der Waals surface area contributed by atoms with E-state index < -0.39 is 0 Å². The minimum absolute atomic E-state index is 0.0697. The van der Waals surface area contributed by atoms with E-state index in [4.69, 9.17) is 9.47 Å². The summed E-state index contributed by atoms with van der Waals surface area (Å²) < 4.78 is 11.2. The lowest BCUT2D eigenvalue weighted by Gasteiger charge is -2.22. The van der Waals surface area contributed by atoms with Crippen LogP contribution in [-0.4, -0.2) is 38.3 Å². The summed E-state index contributed by atoms with van der Waals surface area (Å²) in [5.74, 6) is 1.51. The van der Waals surface area contributed by atoms with Crippen LogP contribution in [0.2, 0.25) is 0 Å². The fourth-order valence-electron chi connectivity index (χ4n) is 3.13. The summed E-state index contributed by atoms with van der Waals surface area (Å²) in [4.78, 5) is 12.0. The van der Waals surface area contributed by atoms with Gasteiger partial charge in [-0.25, -0.2) is 0 Å². The van der Waals surface area contributed by atoms with Gasteiger partial charge in [0.15, 0.2) is 0 Å². The Labute approximate surface area is 137 Å². The smallest absolute Gasteiger partial charge is 0.225 e. The molecule has 2 fully saturated rings. The summed E-state index contributed by atoms with van der Waals surface area (Å²) in [5.41, 5.74) is 0.825. The van der Waals surface area contributed by atoms with Crippen LogP contribution < -0.4 is 15.4 Å². The van der Waals surface area contributed by atoms with Crippen molar-refractivity contribution in [3.05, 3.63) is 24.3 Å². The number of benzene rings is 1. The molecule has 2 saturated heterocycles. The zero-order valence-corrected chi connectivity index (χ0v) is 13.6. The Morgan fingerprint density at radius 1 is 1.22 bits per heavy atom. The molecular weight excluding hydrogens is 292 g/mol. The number of carbonyl (C=O) groups is 1. The Hall–Kier alpha value is -1.59. The molecule has 2 aliphatic heterocycles. The van der Waals surface area contributed by atoms with Gasteiger partial charge in [0.2, 0.25) is 5.91 Å². The van der Waals surface area contributed by atoms with Crippen LogP contribution >= 0.6 is 0 Å². The number of anilines is 1. The van der Waals surface area contributed by atoms with Crippen molar-refractivity contribution in [2.24, 2.45) is 5.92 Å². The topological polar surface area (TPSA) is 59.6 Å². The highest BCUT2D eigenvalue weighted by atomic mass is 16.5. The summed E-state index contributed by atoms with van der Waals surface area (Å²) in [6.07, 6.45) is 4.94. The average molecular weight is 318 g/mol. The molecule has 1 aromatic carbocycles. The molecule has 2 N–H and O–H groups in total. The normalized spacial score (nSPS) is 22.0. The fourth-order valence-corrected chi connectivity index (χ4v) is 3.13. The molecule has 3 rings (SSSR count). The number of hydrogen-bond donors (Lipinski definition) is 2. The van der Waals surface area contributed by atoms with Gasteiger partial charge in [-0.1, -0.05) is 0 Å². The summed E-state index contributed by atoms with van der Waals surface area (Å²) in [5, 5.41) is 6.29. The van der Waals surface area contributed by atoms with E-state index in [0.29, 0.717) is 18.4 Å². The van der Waals surface area contributed by atoms with Gasteiger partial charge in [-0.05, 0) is 62.4 Å². The third-order valence-corrected chi connectivity index (χ3v) is 4.56. The molecule has 0 radical (unpaired) electrons. The first-order valence-electron chi connectivity index (χ1n) is 8.63. The second kappa shape index (κ2) is 8.31. The van der Waals surface area contributed by atoms with Crippen LogP contribution in [0, 0.1) is 5.92 Å². The van der Waals surface area contributed by atoms with Crippen molar-refractivity contribution in [1.29, 1.82) is 0 Å². The molecule has 2 heterocycles. The summed E-state index contributed by atoms with van der Waals surface area (Å²) in [6.45, 7) is 3.45. The minimum Gasteiger partial charge on any atom is -0.493 e. The highest BCUT2D eigenvalue weighted by Gasteiger charge is 2.17. The highest BCUT2D eigenvalue weighted by molar-refractivity contribution is 5.91. The maximum atomic E-state index is 12.0. The molecule has 2 aliphatic rings. The quantitative estimate of drug-likeness (QED) is 0.846. The van der Waals surface area contributed by atoms with E-state index in [2.05, 4.69) is 10.6 Å². The Bertz CT molecular complexity index is 491. The minimum atomic E-state index is 0.0697. The van der Waals surface area contributed by atoms with Gasteiger partial charge in [-0.3, -0.25) is 4.79 Å². The summed E-state index contributed by atoms with van der Waals surface area (Å²) in [6, 6.07) is 7.97. The Morgan fingerprint density at radius 2 is 2.00 bits per heavy atom. The van der Waals surface area contributed by atoms with Crippen molar-refractivity contribution in [2.75, 3.05) is 31.7 Å². The maximum absolute atomic E-state index is 12.0. The summed E-state index contributed by atoms with van der Waals surface area (Å²) in [7, 11) is 0. The third kappa shape index (κ3) is 5.22. The van der Waals surface area contributed by atoms with Crippen LogP contribution in [0.1, 0.15) is 32.1 Å². The van der Waals surface area contributed by atoms with E-state index in [-0.39, 0.29) is 5.91 Å². The van der Waals surface area contributed by atoms with E-state index in [1.165, 1.54) is 0 Å². The van der Waals surface area contributed by atoms with Gasteiger partial charge in [0.25, 0.3) is 0 Å².